The number of ether oxygens (including phenoxy) is 1. The van der Waals surface area contributed by atoms with Crippen molar-refractivity contribution >= 4 is 33.2 Å². The van der Waals surface area contributed by atoms with Gasteiger partial charge in [0.15, 0.2) is 0 Å². The van der Waals surface area contributed by atoms with Crippen LogP contribution in [0.4, 0.5) is 5.69 Å². The molecule has 6 heteroatoms. The maximum Gasteiger partial charge on any atom is 0.283 e. The highest BCUT2D eigenvalue weighted by Crippen LogP contribution is 2.29. The molecule has 0 unspecified atom stereocenters. The molecule has 0 saturated carbocycles. The van der Waals surface area contributed by atoms with Crippen molar-refractivity contribution in [2.24, 2.45) is 0 Å². The van der Waals surface area contributed by atoms with Crippen molar-refractivity contribution < 1.29 is 9.66 Å². The summed E-state index contributed by atoms with van der Waals surface area (Å²) in [5.74, 6) is 0.655. The lowest BCUT2D eigenvalue weighted by atomic mass is 10.2. The third-order valence-corrected chi connectivity index (χ3v) is 3.63. The van der Waals surface area contributed by atoms with Crippen LogP contribution in [0.25, 0.3) is 0 Å². The molecule has 0 aliphatic heterocycles. The van der Waals surface area contributed by atoms with Gasteiger partial charge in [0.25, 0.3) is 5.69 Å². The fraction of sp³-hybridized carbons (Fsp3) is 0.0769. The highest BCUT2D eigenvalue weighted by atomic mass is 79.9. The smallest absolute Gasteiger partial charge is 0.283 e. The Hall–Kier alpha value is -1.59. The van der Waals surface area contributed by atoms with Crippen LogP contribution in [0.2, 0.25) is 5.02 Å². The summed E-state index contributed by atoms with van der Waals surface area (Å²) in [4.78, 5) is 10.4. The molecule has 0 bridgehead atoms. The third kappa shape index (κ3) is 3.45. The Kier molecular flexibility index (Phi) is 4.39. The van der Waals surface area contributed by atoms with Crippen molar-refractivity contribution in [2.45, 2.75) is 6.61 Å². The molecule has 2 aromatic rings. The van der Waals surface area contributed by atoms with E-state index in [1.165, 1.54) is 6.07 Å². The summed E-state index contributed by atoms with van der Waals surface area (Å²) in [7, 11) is 0. The first-order valence-electron chi connectivity index (χ1n) is 5.38. The van der Waals surface area contributed by atoms with E-state index < -0.39 is 4.92 Å². The summed E-state index contributed by atoms with van der Waals surface area (Å²) in [5.41, 5.74) is 0.737. The molecule has 2 rings (SSSR count). The summed E-state index contributed by atoms with van der Waals surface area (Å²) in [6.07, 6.45) is 0. The second-order valence-corrected chi connectivity index (χ2v) is 4.98. The fourth-order valence-corrected chi connectivity index (χ4v) is 2.16. The van der Waals surface area contributed by atoms with Crippen molar-refractivity contribution in [3.05, 3.63) is 67.6 Å². The van der Waals surface area contributed by atoms with Gasteiger partial charge in [0.2, 0.25) is 0 Å². The minimum atomic E-state index is -0.435. The summed E-state index contributed by atoms with van der Waals surface area (Å²) in [6, 6.07) is 11.8. The van der Waals surface area contributed by atoms with Crippen LogP contribution < -0.4 is 4.74 Å². The van der Waals surface area contributed by atoms with Gasteiger partial charge < -0.3 is 4.74 Å². The van der Waals surface area contributed by atoms with E-state index >= 15 is 0 Å². The Balaban J connectivity index is 2.13. The molecule has 0 amide bonds. The lowest BCUT2D eigenvalue weighted by molar-refractivity contribution is -0.385. The van der Waals surface area contributed by atoms with Gasteiger partial charge in [0.1, 0.15) is 16.8 Å². The average Bonchev–Trinajstić information content (AvgIpc) is 2.39. The van der Waals surface area contributed by atoms with Crippen LogP contribution in [0, 0.1) is 10.1 Å². The molecule has 98 valence electrons. The molecule has 0 N–H and O–H groups in total. The molecule has 4 nitrogen and oxygen atoms in total. The second kappa shape index (κ2) is 6.04. The maximum atomic E-state index is 10.8. The molecule has 0 heterocycles. The Labute approximate surface area is 123 Å². The predicted molar refractivity (Wildman–Crippen MR) is 76.6 cm³/mol. The molecule has 0 spiro atoms. The van der Waals surface area contributed by atoms with E-state index in [-0.39, 0.29) is 12.3 Å². The quantitative estimate of drug-likeness (QED) is 0.603. The molecule has 0 saturated heterocycles. The van der Waals surface area contributed by atoms with Crippen molar-refractivity contribution in [2.75, 3.05) is 0 Å². The number of rotatable bonds is 4. The van der Waals surface area contributed by atoms with E-state index in [0.29, 0.717) is 20.8 Å². The monoisotopic (exact) mass is 341 g/mol. The summed E-state index contributed by atoms with van der Waals surface area (Å²) in [6.45, 7) is 0.240. The van der Waals surface area contributed by atoms with Crippen LogP contribution in [-0.4, -0.2) is 4.92 Å². The van der Waals surface area contributed by atoms with E-state index in [1.807, 2.05) is 0 Å². The molecule has 0 fully saturated rings. The Morgan fingerprint density at radius 2 is 1.89 bits per heavy atom. The molecule has 0 aliphatic rings. The number of nitro benzene ring substituents is 1. The topological polar surface area (TPSA) is 52.4 Å². The second-order valence-electron chi connectivity index (χ2n) is 3.75. The van der Waals surface area contributed by atoms with Gasteiger partial charge >= 0.3 is 0 Å². The first-order chi connectivity index (χ1) is 9.08. The van der Waals surface area contributed by atoms with E-state index in [1.54, 1.807) is 36.4 Å². The number of hydrogen-bond acceptors (Lipinski definition) is 3. The largest absolute Gasteiger partial charge is 0.489 e. The van der Waals surface area contributed by atoms with Crippen molar-refractivity contribution in [3.8, 4) is 5.75 Å². The zero-order chi connectivity index (χ0) is 13.8. The highest BCUT2D eigenvalue weighted by Gasteiger charge is 2.14. The molecule has 19 heavy (non-hydrogen) atoms. The predicted octanol–water partition coefficient (Wildman–Crippen LogP) is 4.59. The van der Waals surface area contributed by atoms with Gasteiger partial charge in [-0.05, 0) is 40.2 Å². The lowest BCUT2D eigenvalue weighted by Crippen LogP contribution is -1.99. The van der Waals surface area contributed by atoms with Crippen LogP contribution >= 0.6 is 27.5 Å². The van der Waals surface area contributed by atoms with Crippen LogP contribution in [0.3, 0.4) is 0 Å². The Morgan fingerprint density at radius 1 is 1.21 bits per heavy atom. The van der Waals surface area contributed by atoms with Gasteiger partial charge in [0.05, 0.1) is 4.92 Å². The van der Waals surface area contributed by atoms with Gasteiger partial charge in [-0.2, -0.15) is 0 Å². The van der Waals surface area contributed by atoms with E-state index in [4.69, 9.17) is 16.3 Å². The molecule has 0 radical (unpaired) electrons. The summed E-state index contributed by atoms with van der Waals surface area (Å²) in [5, 5.41) is 11.4. The first kappa shape index (κ1) is 13.8. The average molecular weight is 343 g/mol. The van der Waals surface area contributed by atoms with Gasteiger partial charge in [-0.15, -0.1) is 0 Å². The third-order valence-electron chi connectivity index (χ3n) is 2.46. The van der Waals surface area contributed by atoms with Crippen molar-refractivity contribution in [1.29, 1.82) is 0 Å². The molecule has 0 atom stereocenters. The van der Waals surface area contributed by atoms with Crippen LogP contribution in [-0.2, 0) is 6.61 Å². The van der Waals surface area contributed by atoms with Gasteiger partial charge in [0, 0.05) is 16.7 Å². The molecule has 2 aromatic carbocycles. The first-order valence-corrected chi connectivity index (χ1v) is 6.55. The van der Waals surface area contributed by atoms with Gasteiger partial charge in [-0.25, -0.2) is 0 Å². The number of nitrogens with zero attached hydrogens (tertiary/aromatic N) is 1. The minimum absolute atomic E-state index is 0.0252. The normalized spacial score (nSPS) is 10.2. The van der Waals surface area contributed by atoms with E-state index in [0.717, 1.165) is 0 Å². The number of nitro groups is 1. The van der Waals surface area contributed by atoms with Crippen LogP contribution in [0.1, 0.15) is 5.56 Å². The Bertz CT molecular complexity index is 601. The summed E-state index contributed by atoms with van der Waals surface area (Å²) >= 11 is 9.00. The molecule has 0 aromatic heterocycles. The van der Waals surface area contributed by atoms with Crippen molar-refractivity contribution in [3.63, 3.8) is 0 Å². The molecule has 0 aliphatic carbocycles. The van der Waals surface area contributed by atoms with Crippen LogP contribution in [0.15, 0.2) is 46.9 Å². The van der Waals surface area contributed by atoms with Gasteiger partial charge in [-0.3, -0.25) is 10.1 Å². The zero-order valence-corrected chi connectivity index (χ0v) is 12.0. The standard InChI is InChI=1S/C13H9BrClNO3/c14-13-9(2-1-3-12(13)16(17)18)8-19-11-6-4-10(15)5-7-11/h1-7H,8H2. The van der Waals surface area contributed by atoms with Crippen molar-refractivity contribution in [1.82, 2.24) is 0 Å². The Morgan fingerprint density at radius 3 is 2.53 bits per heavy atom. The maximum absolute atomic E-state index is 10.8. The van der Waals surface area contributed by atoms with E-state index in [2.05, 4.69) is 15.9 Å². The number of benzene rings is 2. The lowest BCUT2D eigenvalue weighted by Gasteiger charge is -2.08. The molecular weight excluding hydrogens is 334 g/mol. The number of hydrogen-bond donors (Lipinski definition) is 0. The van der Waals surface area contributed by atoms with Gasteiger partial charge in [-0.1, -0.05) is 23.7 Å². The highest BCUT2D eigenvalue weighted by molar-refractivity contribution is 9.10. The summed E-state index contributed by atoms with van der Waals surface area (Å²) < 4.78 is 5.99. The molecular formula is C13H9BrClNO3. The number of halogens is 2. The van der Waals surface area contributed by atoms with E-state index in [9.17, 15) is 10.1 Å². The minimum Gasteiger partial charge on any atom is -0.489 e. The fourth-order valence-electron chi connectivity index (χ4n) is 1.51. The SMILES string of the molecule is O=[N+]([O-])c1cccc(COc2ccc(Cl)cc2)c1Br. The van der Waals surface area contributed by atoms with Crippen LogP contribution in [0.5, 0.6) is 5.75 Å². The zero-order valence-electron chi connectivity index (χ0n) is 9.68.